The van der Waals surface area contributed by atoms with Crippen LogP contribution < -0.4 is 9.46 Å². The average Bonchev–Trinajstić information content (AvgIpc) is 3.09. The Balaban J connectivity index is 1.93. The first kappa shape index (κ1) is 16.8. The van der Waals surface area contributed by atoms with Crippen molar-refractivity contribution in [2.24, 2.45) is 0 Å². The second kappa shape index (κ2) is 6.85. The van der Waals surface area contributed by atoms with Crippen LogP contribution in [0.15, 0.2) is 47.6 Å². The molecule has 10 heteroatoms. The summed E-state index contributed by atoms with van der Waals surface area (Å²) in [7, 11) is -3.86. The third-order valence-electron chi connectivity index (χ3n) is 3.13. The van der Waals surface area contributed by atoms with Gasteiger partial charge < -0.3 is 4.74 Å². The molecule has 0 saturated heterocycles. The van der Waals surface area contributed by atoms with Crippen molar-refractivity contribution in [2.45, 2.75) is 24.8 Å². The van der Waals surface area contributed by atoms with Gasteiger partial charge in [0.15, 0.2) is 0 Å². The van der Waals surface area contributed by atoms with Crippen molar-refractivity contribution < 1.29 is 13.2 Å². The minimum atomic E-state index is -3.86. The Hall–Kier alpha value is -3.01. The molecule has 0 radical (unpaired) electrons. The van der Waals surface area contributed by atoms with Gasteiger partial charge in [0.05, 0.1) is 18.0 Å². The molecule has 0 fully saturated rings. The summed E-state index contributed by atoms with van der Waals surface area (Å²) in [6.45, 7) is 3.70. The molecule has 2 heterocycles. The van der Waals surface area contributed by atoms with Crippen LogP contribution in [-0.2, 0) is 10.0 Å². The number of hydrogen-bond acceptors (Lipinski definition) is 7. The monoisotopic (exact) mass is 360 g/mol. The van der Waals surface area contributed by atoms with Gasteiger partial charge in [0, 0.05) is 17.8 Å². The van der Waals surface area contributed by atoms with E-state index in [2.05, 4.69) is 30.3 Å². The molecule has 3 aromatic rings. The van der Waals surface area contributed by atoms with Gasteiger partial charge in [0.25, 0.3) is 10.0 Å². The van der Waals surface area contributed by atoms with E-state index in [0.717, 1.165) is 0 Å². The van der Waals surface area contributed by atoms with Gasteiger partial charge in [-0.15, -0.1) is 10.2 Å². The van der Waals surface area contributed by atoms with Crippen LogP contribution in [0.3, 0.4) is 0 Å². The number of rotatable bonds is 6. The number of hydrogen-bond donors (Lipinski definition) is 2. The largest absolute Gasteiger partial charge is 0.489 e. The maximum atomic E-state index is 12.7. The number of para-hydroxylation sites is 1. The highest BCUT2D eigenvalue weighted by molar-refractivity contribution is 7.92. The third-order valence-corrected chi connectivity index (χ3v) is 4.46. The molecule has 0 aliphatic heterocycles. The summed E-state index contributed by atoms with van der Waals surface area (Å²) in [5.41, 5.74) is 0.835. The number of pyridine rings is 1. The molecule has 0 atom stereocenters. The molecular formula is C15H16N6O3S. The molecular weight excluding hydrogens is 344 g/mol. The normalized spacial score (nSPS) is 11.5. The van der Waals surface area contributed by atoms with Crippen LogP contribution in [0.1, 0.15) is 13.8 Å². The number of benzene rings is 1. The molecule has 2 N–H and O–H groups in total. The predicted molar refractivity (Wildman–Crippen MR) is 90.4 cm³/mol. The van der Waals surface area contributed by atoms with Crippen molar-refractivity contribution in [1.82, 2.24) is 25.6 Å². The fourth-order valence-corrected chi connectivity index (χ4v) is 3.19. The van der Waals surface area contributed by atoms with Gasteiger partial charge in [0.1, 0.15) is 10.6 Å². The van der Waals surface area contributed by atoms with E-state index in [4.69, 9.17) is 4.74 Å². The number of aromatic amines is 1. The summed E-state index contributed by atoms with van der Waals surface area (Å²) in [6.07, 6.45) is 2.63. The number of anilines is 1. The van der Waals surface area contributed by atoms with Crippen molar-refractivity contribution in [3.63, 3.8) is 0 Å². The standard InChI is InChI=1S/C15H16N6O3S/c1-10(2)24-11-7-12(9-16-8-11)25(22,23)19-14-6-4-3-5-13(14)15-17-20-21-18-15/h3-10,19H,1-2H3,(H,17,18,20,21). The fourth-order valence-electron chi connectivity index (χ4n) is 2.13. The molecule has 25 heavy (non-hydrogen) atoms. The van der Waals surface area contributed by atoms with E-state index in [1.807, 2.05) is 13.8 Å². The van der Waals surface area contributed by atoms with E-state index in [1.54, 1.807) is 24.3 Å². The molecule has 0 unspecified atom stereocenters. The molecule has 0 aliphatic carbocycles. The van der Waals surface area contributed by atoms with Crippen LogP contribution in [0.5, 0.6) is 5.75 Å². The molecule has 0 amide bonds. The number of nitrogens with zero attached hydrogens (tertiary/aromatic N) is 4. The minimum Gasteiger partial charge on any atom is -0.489 e. The van der Waals surface area contributed by atoms with E-state index in [-0.39, 0.29) is 16.8 Å². The quantitative estimate of drug-likeness (QED) is 0.687. The van der Waals surface area contributed by atoms with Crippen molar-refractivity contribution in [3.05, 3.63) is 42.7 Å². The second-order valence-corrected chi connectivity index (χ2v) is 7.09. The number of nitrogens with one attached hydrogen (secondary N) is 2. The van der Waals surface area contributed by atoms with Crippen LogP contribution in [0.2, 0.25) is 0 Å². The smallest absolute Gasteiger partial charge is 0.263 e. The summed E-state index contributed by atoms with van der Waals surface area (Å²) < 4.78 is 33.4. The molecule has 3 rings (SSSR count). The van der Waals surface area contributed by atoms with Crippen LogP contribution in [0.4, 0.5) is 5.69 Å². The van der Waals surface area contributed by atoms with Gasteiger partial charge in [-0.05, 0) is 31.2 Å². The van der Waals surface area contributed by atoms with Gasteiger partial charge in [-0.3, -0.25) is 9.71 Å². The summed E-state index contributed by atoms with van der Waals surface area (Å²) >= 11 is 0. The first-order valence-corrected chi connectivity index (χ1v) is 8.91. The van der Waals surface area contributed by atoms with Gasteiger partial charge in [-0.25, -0.2) is 8.42 Å². The van der Waals surface area contributed by atoms with E-state index >= 15 is 0 Å². The van der Waals surface area contributed by atoms with E-state index < -0.39 is 10.0 Å². The zero-order valence-electron chi connectivity index (χ0n) is 13.5. The Bertz CT molecular complexity index is 957. The lowest BCUT2D eigenvalue weighted by atomic mass is 10.2. The van der Waals surface area contributed by atoms with Crippen LogP contribution in [0.25, 0.3) is 11.4 Å². The Morgan fingerprint density at radius 2 is 2.00 bits per heavy atom. The molecule has 0 spiro atoms. The summed E-state index contributed by atoms with van der Waals surface area (Å²) in [4.78, 5) is 3.93. The highest BCUT2D eigenvalue weighted by atomic mass is 32.2. The van der Waals surface area contributed by atoms with Crippen LogP contribution in [-0.4, -0.2) is 40.1 Å². The zero-order valence-corrected chi connectivity index (χ0v) is 14.4. The number of H-pyrrole nitrogens is 1. The maximum Gasteiger partial charge on any atom is 0.263 e. The molecule has 2 aromatic heterocycles. The zero-order chi connectivity index (χ0) is 17.9. The molecule has 130 valence electrons. The Labute approximate surface area is 144 Å². The molecule has 1 aromatic carbocycles. The summed E-state index contributed by atoms with van der Waals surface area (Å²) in [5, 5.41) is 13.6. The number of ether oxygens (including phenoxy) is 1. The third kappa shape index (κ3) is 3.91. The topological polar surface area (TPSA) is 123 Å². The Kier molecular flexibility index (Phi) is 4.61. The summed E-state index contributed by atoms with van der Waals surface area (Å²) in [5.74, 6) is 0.664. The Morgan fingerprint density at radius 3 is 2.72 bits per heavy atom. The van der Waals surface area contributed by atoms with Gasteiger partial charge in [-0.2, -0.15) is 5.21 Å². The number of sulfonamides is 1. The fraction of sp³-hybridized carbons (Fsp3) is 0.200. The van der Waals surface area contributed by atoms with Crippen molar-refractivity contribution in [1.29, 1.82) is 0 Å². The van der Waals surface area contributed by atoms with Crippen molar-refractivity contribution in [2.75, 3.05) is 4.72 Å². The lowest BCUT2D eigenvalue weighted by Crippen LogP contribution is -2.15. The van der Waals surface area contributed by atoms with E-state index in [0.29, 0.717) is 17.0 Å². The molecule has 0 aliphatic rings. The van der Waals surface area contributed by atoms with Gasteiger partial charge in [-0.1, -0.05) is 12.1 Å². The first-order valence-electron chi connectivity index (χ1n) is 7.43. The van der Waals surface area contributed by atoms with Crippen LogP contribution in [0, 0.1) is 0 Å². The second-order valence-electron chi connectivity index (χ2n) is 5.41. The maximum absolute atomic E-state index is 12.7. The lowest BCUT2D eigenvalue weighted by molar-refractivity contribution is 0.241. The lowest BCUT2D eigenvalue weighted by Gasteiger charge is -2.13. The van der Waals surface area contributed by atoms with Crippen molar-refractivity contribution >= 4 is 15.7 Å². The number of tetrazole rings is 1. The van der Waals surface area contributed by atoms with Gasteiger partial charge in [0.2, 0.25) is 5.82 Å². The van der Waals surface area contributed by atoms with Crippen molar-refractivity contribution in [3.8, 4) is 17.1 Å². The predicted octanol–water partition coefficient (Wildman–Crippen LogP) is 1.85. The number of aromatic nitrogens is 5. The van der Waals surface area contributed by atoms with E-state index in [1.165, 1.54) is 18.5 Å². The summed E-state index contributed by atoms with van der Waals surface area (Å²) in [6, 6.07) is 8.19. The average molecular weight is 360 g/mol. The van der Waals surface area contributed by atoms with Gasteiger partial charge >= 0.3 is 0 Å². The molecule has 0 saturated carbocycles. The molecule has 9 nitrogen and oxygen atoms in total. The minimum absolute atomic E-state index is 0.00596. The highest BCUT2D eigenvalue weighted by Gasteiger charge is 2.19. The molecule has 0 bridgehead atoms. The van der Waals surface area contributed by atoms with E-state index in [9.17, 15) is 8.42 Å². The highest BCUT2D eigenvalue weighted by Crippen LogP contribution is 2.27. The first-order chi connectivity index (χ1) is 12.0. The SMILES string of the molecule is CC(C)Oc1cncc(S(=O)(=O)Nc2ccccc2-c2nn[nH]n2)c1. The Morgan fingerprint density at radius 1 is 1.20 bits per heavy atom. The van der Waals surface area contributed by atoms with Crippen LogP contribution >= 0.6 is 0 Å².